The standard InChI is InChI=1S/C20H20N2O/c1-21-20(23)11-10-15-6-8-16(9-7-15)14-19-18-5-3-2-4-17(18)12-13-22-19/h2-9,12-13H,10-11,14H2,1H3,(H,21,23). The predicted octanol–water partition coefficient (Wildman–Crippen LogP) is 3.50. The third-order valence-corrected chi connectivity index (χ3v) is 4.07. The van der Waals surface area contributed by atoms with Crippen molar-refractivity contribution < 1.29 is 4.79 Å². The average molecular weight is 304 g/mol. The lowest BCUT2D eigenvalue weighted by molar-refractivity contribution is -0.120. The number of hydrogen-bond donors (Lipinski definition) is 1. The maximum absolute atomic E-state index is 11.3. The normalized spacial score (nSPS) is 10.7. The molecule has 3 heteroatoms. The van der Waals surface area contributed by atoms with Gasteiger partial charge in [0, 0.05) is 31.5 Å². The van der Waals surface area contributed by atoms with Crippen LogP contribution in [0.4, 0.5) is 0 Å². The van der Waals surface area contributed by atoms with Crippen LogP contribution in [0.25, 0.3) is 10.8 Å². The lowest BCUT2D eigenvalue weighted by atomic mass is 10.0. The molecule has 0 fully saturated rings. The van der Waals surface area contributed by atoms with Crippen molar-refractivity contribution >= 4 is 16.7 Å². The number of hydrogen-bond acceptors (Lipinski definition) is 2. The van der Waals surface area contributed by atoms with E-state index in [0.29, 0.717) is 6.42 Å². The zero-order valence-corrected chi connectivity index (χ0v) is 13.3. The van der Waals surface area contributed by atoms with Crippen molar-refractivity contribution in [2.45, 2.75) is 19.3 Å². The van der Waals surface area contributed by atoms with Crippen LogP contribution in [0.15, 0.2) is 60.8 Å². The van der Waals surface area contributed by atoms with Crippen LogP contribution >= 0.6 is 0 Å². The highest BCUT2D eigenvalue weighted by molar-refractivity contribution is 5.84. The van der Waals surface area contributed by atoms with Crippen molar-refractivity contribution in [1.82, 2.24) is 10.3 Å². The van der Waals surface area contributed by atoms with Gasteiger partial charge in [-0.25, -0.2) is 0 Å². The maximum atomic E-state index is 11.3. The summed E-state index contributed by atoms with van der Waals surface area (Å²) >= 11 is 0. The van der Waals surface area contributed by atoms with E-state index in [4.69, 9.17) is 0 Å². The number of benzene rings is 2. The Morgan fingerprint density at radius 2 is 1.74 bits per heavy atom. The fraction of sp³-hybridized carbons (Fsp3) is 0.200. The van der Waals surface area contributed by atoms with Gasteiger partial charge in [-0.05, 0) is 29.0 Å². The van der Waals surface area contributed by atoms with Gasteiger partial charge >= 0.3 is 0 Å². The average Bonchev–Trinajstić information content (AvgIpc) is 2.61. The van der Waals surface area contributed by atoms with Gasteiger partial charge in [0.2, 0.25) is 5.91 Å². The molecule has 1 N–H and O–H groups in total. The van der Waals surface area contributed by atoms with E-state index in [1.54, 1.807) is 7.05 Å². The number of rotatable bonds is 5. The van der Waals surface area contributed by atoms with E-state index >= 15 is 0 Å². The molecule has 0 aliphatic carbocycles. The number of carbonyl (C=O) groups is 1. The molecule has 0 aliphatic rings. The SMILES string of the molecule is CNC(=O)CCc1ccc(Cc2nccc3ccccc23)cc1. The molecule has 0 saturated carbocycles. The second kappa shape index (κ2) is 7.05. The molecule has 0 bridgehead atoms. The van der Waals surface area contributed by atoms with Crippen LogP contribution in [-0.2, 0) is 17.6 Å². The summed E-state index contributed by atoms with van der Waals surface area (Å²) in [4.78, 5) is 15.8. The van der Waals surface area contributed by atoms with Crippen molar-refractivity contribution in [3.63, 3.8) is 0 Å². The fourth-order valence-corrected chi connectivity index (χ4v) is 2.72. The highest BCUT2D eigenvalue weighted by Crippen LogP contribution is 2.19. The molecule has 3 nitrogen and oxygen atoms in total. The molecule has 0 saturated heterocycles. The summed E-state index contributed by atoms with van der Waals surface area (Å²) in [7, 11) is 1.67. The highest BCUT2D eigenvalue weighted by Gasteiger charge is 2.04. The molecule has 1 heterocycles. The molecule has 2 aromatic carbocycles. The minimum Gasteiger partial charge on any atom is -0.359 e. The molecular weight excluding hydrogens is 284 g/mol. The highest BCUT2D eigenvalue weighted by atomic mass is 16.1. The summed E-state index contributed by atoms with van der Waals surface area (Å²) in [5.41, 5.74) is 3.52. The van der Waals surface area contributed by atoms with Crippen LogP contribution in [0, 0.1) is 0 Å². The zero-order chi connectivity index (χ0) is 16.1. The molecule has 3 aromatic rings. The third kappa shape index (κ3) is 3.75. The van der Waals surface area contributed by atoms with Gasteiger partial charge in [0.25, 0.3) is 0 Å². The van der Waals surface area contributed by atoms with Crippen LogP contribution in [0.5, 0.6) is 0 Å². The van der Waals surface area contributed by atoms with E-state index in [2.05, 4.69) is 52.8 Å². The summed E-state index contributed by atoms with van der Waals surface area (Å²) in [6, 6.07) is 18.8. The molecule has 23 heavy (non-hydrogen) atoms. The van der Waals surface area contributed by atoms with Gasteiger partial charge in [0.15, 0.2) is 0 Å². The van der Waals surface area contributed by atoms with Gasteiger partial charge in [-0.2, -0.15) is 0 Å². The number of amides is 1. The Morgan fingerprint density at radius 1 is 1.00 bits per heavy atom. The predicted molar refractivity (Wildman–Crippen MR) is 93.4 cm³/mol. The van der Waals surface area contributed by atoms with Crippen molar-refractivity contribution in [1.29, 1.82) is 0 Å². The van der Waals surface area contributed by atoms with E-state index in [1.165, 1.54) is 21.9 Å². The fourth-order valence-electron chi connectivity index (χ4n) is 2.72. The third-order valence-electron chi connectivity index (χ3n) is 4.07. The smallest absolute Gasteiger partial charge is 0.220 e. The Kier molecular flexibility index (Phi) is 4.67. The molecule has 0 aliphatic heterocycles. The summed E-state index contributed by atoms with van der Waals surface area (Å²) in [5, 5.41) is 5.08. The first-order chi connectivity index (χ1) is 11.3. The first-order valence-corrected chi connectivity index (χ1v) is 7.87. The van der Waals surface area contributed by atoms with Crippen molar-refractivity contribution in [2.24, 2.45) is 0 Å². The van der Waals surface area contributed by atoms with Crippen molar-refractivity contribution in [2.75, 3.05) is 7.05 Å². The molecule has 1 aromatic heterocycles. The largest absolute Gasteiger partial charge is 0.359 e. The Balaban J connectivity index is 1.74. The molecule has 1 amide bonds. The first kappa shape index (κ1) is 15.2. The van der Waals surface area contributed by atoms with Gasteiger partial charge in [-0.1, -0.05) is 48.5 Å². The van der Waals surface area contributed by atoms with Crippen LogP contribution < -0.4 is 5.32 Å². The van der Waals surface area contributed by atoms with E-state index < -0.39 is 0 Å². The molecule has 0 radical (unpaired) electrons. The maximum Gasteiger partial charge on any atom is 0.220 e. The van der Waals surface area contributed by atoms with E-state index in [0.717, 1.165) is 18.5 Å². The van der Waals surface area contributed by atoms with Crippen LogP contribution in [-0.4, -0.2) is 17.9 Å². The number of nitrogens with one attached hydrogen (secondary N) is 1. The summed E-state index contributed by atoms with van der Waals surface area (Å²) in [6.45, 7) is 0. The van der Waals surface area contributed by atoms with Crippen LogP contribution in [0.2, 0.25) is 0 Å². The quantitative estimate of drug-likeness (QED) is 0.784. The second-order valence-corrected chi connectivity index (χ2v) is 5.65. The number of fused-ring (bicyclic) bond motifs is 1. The second-order valence-electron chi connectivity index (χ2n) is 5.65. The van der Waals surface area contributed by atoms with Crippen LogP contribution in [0.1, 0.15) is 23.2 Å². The van der Waals surface area contributed by atoms with E-state index in [9.17, 15) is 4.79 Å². The minimum atomic E-state index is 0.0778. The lowest BCUT2D eigenvalue weighted by Gasteiger charge is -2.07. The summed E-state index contributed by atoms with van der Waals surface area (Å²) in [5.74, 6) is 0.0778. The Morgan fingerprint density at radius 3 is 2.52 bits per heavy atom. The van der Waals surface area contributed by atoms with Gasteiger partial charge in [-0.15, -0.1) is 0 Å². The number of aryl methyl sites for hydroxylation is 1. The molecular formula is C20H20N2O. The first-order valence-electron chi connectivity index (χ1n) is 7.87. The van der Waals surface area contributed by atoms with Gasteiger partial charge in [-0.3, -0.25) is 9.78 Å². The van der Waals surface area contributed by atoms with Gasteiger partial charge in [0.1, 0.15) is 0 Å². The number of carbonyl (C=O) groups excluding carboxylic acids is 1. The van der Waals surface area contributed by atoms with Crippen LogP contribution in [0.3, 0.4) is 0 Å². The molecule has 0 unspecified atom stereocenters. The summed E-state index contributed by atoms with van der Waals surface area (Å²) in [6.07, 6.45) is 3.99. The van der Waals surface area contributed by atoms with Crippen molar-refractivity contribution in [3.05, 3.63) is 77.6 Å². The number of aromatic nitrogens is 1. The van der Waals surface area contributed by atoms with Gasteiger partial charge < -0.3 is 5.32 Å². The summed E-state index contributed by atoms with van der Waals surface area (Å²) < 4.78 is 0. The van der Waals surface area contributed by atoms with Crippen molar-refractivity contribution in [3.8, 4) is 0 Å². The molecule has 116 valence electrons. The van der Waals surface area contributed by atoms with E-state index in [1.807, 2.05) is 18.3 Å². The Labute approximate surface area is 136 Å². The minimum absolute atomic E-state index is 0.0778. The molecule has 0 spiro atoms. The Hall–Kier alpha value is -2.68. The monoisotopic (exact) mass is 304 g/mol. The van der Waals surface area contributed by atoms with Gasteiger partial charge in [0.05, 0.1) is 5.69 Å². The Bertz CT molecular complexity index is 804. The number of nitrogens with zero attached hydrogens (tertiary/aromatic N) is 1. The zero-order valence-electron chi connectivity index (χ0n) is 13.3. The molecule has 3 rings (SSSR count). The van der Waals surface area contributed by atoms with E-state index in [-0.39, 0.29) is 5.91 Å². The number of pyridine rings is 1. The lowest BCUT2D eigenvalue weighted by Crippen LogP contribution is -2.17. The topological polar surface area (TPSA) is 42.0 Å². The molecule has 0 atom stereocenters.